The lowest BCUT2D eigenvalue weighted by Crippen LogP contribution is -2.38. The molecule has 0 saturated carbocycles. The third-order valence-electron chi connectivity index (χ3n) is 8.79. The molecule has 0 unspecified atom stereocenters. The summed E-state index contributed by atoms with van der Waals surface area (Å²) < 4.78 is 4.30. The van der Waals surface area contributed by atoms with Gasteiger partial charge >= 0.3 is 0 Å². The second-order valence-electron chi connectivity index (χ2n) is 11.4. The molecule has 1 aliphatic heterocycles. The summed E-state index contributed by atoms with van der Waals surface area (Å²) in [7, 11) is 0. The Balaban J connectivity index is 0.00000302. The first-order valence-corrected chi connectivity index (χ1v) is 14.1. The molecule has 7 heteroatoms. The van der Waals surface area contributed by atoms with Gasteiger partial charge in [0.1, 0.15) is 0 Å². The van der Waals surface area contributed by atoms with Gasteiger partial charge in [-0.3, -0.25) is 14.9 Å². The molecule has 208 valence electrons. The molecule has 4 heterocycles. The van der Waals surface area contributed by atoms with E-state index in [4.69, 9.17) is 5.73 Å². The summed E-state index contributed by atoms with van der Waals surface area (Å²) in [6, 6.07) is 24.3. The smallest absolute Gasteiger partial charge is 0.259 e. The number of nitrogens with zero attached hydrogens (tertiary/aromatic N) is 2. The highest BCUT2D eigenvalue weighted by Gasteiger charge is 2.39. The number of imide groups is 1. The van der Waals surface area contributed by atoms with Crippen molar-refractivity contribution in [3.8, 4) is 5.69 Å². The number of amides is 2. The highest BCUT2D eigenvalue weighted by Crippen LogP contribution is 2.43. The Morgan fingerprint density at radius 3 is 2.34 bits per heavy atom. The van der Waals surface area contributed by atoms with Crippen LogP contribution in [-0.2, 0) is 22.4 Å². The number of benzene rings is 2. The van der Waals surface area contributed by atoms with Crippen molar-refractivity contribution in [1.82, 2.24) is 14.3 Å². The SMILES string of the molecule is CC(C)[C@H](N)[C@H]1CCc2c(c(C3=C(c4cn(-c5ccccc5)c5ccccc45)C(=O)NC3=O)c3ccccn23)C1.Cl. The van der Waals surface area contributed by atoms with Crippen molar-refractivity contribution in [2.45, 2.75) is 39.2 Å². The number of aryl methyl sites for hydroxylation is 1. The van der Waals surface area contributed by atoms with Gasteiger partial charge in [0.2, 0.25) is 0 Å². The number of pyridine rings is 1. The summed E-state index contributed by atoms with van der Waals surface area (Å²) in [5.41, 5.74) is 14.5. The summed E-state index contributed by atoms with van der Waals surface area (Å²) in [6.45, 7) is 4.34. The highest BCUT2D eigenvalue weighted by molar-refractivity contribution is 6.50. The van der Waals surface area contributed by atoms with Crippen molar-refractivity contribution in [2.24, 2.45) is 17.6 Å². The molecule has 2 atom stereocenters. The quantitative estimate of drug-likeness (QED) is 0.258. The van der Waals surface area contributed by atoms with E-state index in [1.54, 1.807) is 0 Å². The molecule has 2 amide bonds. The summed E-state index contributed by atoms with van der Waals surface area (Å²) in [5.74, 6) is -0.0210. The van der Waals surface area contributed by atoms with Gasteiger partial charge in [-0.15, -0.1) is 12.4 Å². The van der Waals surface area contributed by atoms with Crippen LogP contribution in [0.2, 0.25) is 0 Å². The molecule has 1 aliphatic carbocycles. The van der Waals surface area contributed by atoms with E-state index in [0.29, 0.717) is 23.0 Å². The molecule has 0 saturated heterocycles. The summed E-state index contributed by atoms with van der Waals surface area (Å²) in [6.07, 6.45) is 6.74. The van der Waals surface area contributed by atoms with E-state index < -0.39 is 0 Å². The number of hydrogen-bond acceptors (Lipinski definition) is 3. The third-order valence-corrected chi connectivity index (χ3v) is 8.79. The molecular formula is C34H33ClN4O2. The number of halogens is 1. The molecule has 0 radical (unpaired) electrons. The summed E-state index contributed by atoms with van der Waals surface area (Å²) >= 11 is 0. The van der Waals surface area contributed by atoms with E-state index in [1.165, 1.54) is 5.69 Å². The van der Waals surface area contributed by atoms with E-state index in [2.05, 4.69) is 40.4 Å². The van der Waals surface area contributed by atoms with E-state index in [9.17, 15) is 9.59 Å². The van der Waals surface area contributed by atoms with Crippen LogP contribution < -0.4 is 11.1 Å². The van der Waals surface area contributed by atoms with Crippen LogP contribution in [0.5, 0.6) is 0 Å². The molecule has 5 aromatic rings. The van der Waals surface area contributed by atoms with Crippen LogP contribution in [0.4, 0.5) is 0 Å². The Morgan fingerprint density at radius 2 is 1.56 bits per heavy atom. The summed E-state index contributed by atoms with van der Waals surface area (Å²) in [4.78, 5) is 27.3. The number of nitrogens with one attached hydrogen (secondary N) is 1. The zero-order chi connectivity index (χ0) is 27.5. The zero-order valence-electron chi connectivity index (χ0n) is 23.1. The van der Waals surface area contributed by atoms with Crippen molar-refractivity contribution in [2.75, 3.05) is 0 Å². The van der Waals surface area contributed by atoms with Crippen LogP contribution in [0.15, 0.2) is 85.2 Å². The average Bonchev–Trinajstić information content (AvgIpc) is 3.60. The molecule has 7 rings (SSSR count). The number of hydrogen-bond donors (Lipinski definition) is 2. The molecule has 41 heavy (non-hydrogen) atoms. The molecular weight excluding hydrogens is 532 g/mol. The maximum Gasteiger partial charge on any atom is 0.259 e. The minimum Gasteiger partial charge on any atom is -0.327 e. The van der Waals surface area contributed by atoms with E-state index in [-0.39, 0.29) is 30.3 Å². The van der Waals surface area contributed by atoms with Gasteiger partial charge in [0.05, 0.1) is 22.2 Å². The van der Waals surface area contributed by atoms with Crippen molar-refractivity contribution in [3.63, 3.8) is 0 Å². The molecule has 2 aromatic carbocycles. The Labute approximate surface area is 245 Å². The topological polar surface area (TPSA) is 81.5 Å². The maximum absolute atomic E-state index is 13.7. The zero-order valence-corrected chi connectivity index (χ0v) is 23.9. The predicted molar refractivity (Wildman–Crippen MR) is 166 cm³/mol. The number of carbonyl (C=O) groups excluding carboxylic acids is 2. The van der Waals surface area contributed by atoms with Crippen LogP contribution in [0.1, 0.15) is 42.7 Å². The van der Waals surface area contributed by atoms with Crippen molar-refractivity contribution >= 4 is 51.8 Å². The second kappa shape index (κ2) is 10.4. The predicted octanol–water partition coefficient (Wildman–Crippen LogP) is 5.96. The van der Waals surface area contributed by atoms with Crippen molar-refractivity contribution in [3.05, 3.63) is 108 Å². The fraction of sp³-hybridized carbons (Fsp3) is 0.235. The Morgan fingerprint density at radius 1 is 0.878 bits per heavy atom. The van der Waals surface area contributed by atoms with Gasteiger partial charge in [-0.1, -0.05) is 56.3 Å². The summed E-state index contributed by atoms with van der Waals surface area (Å²) in [5, 5.41) is 3.58. The fourth-order valence-electron chi connectivity index (χ4n) is 6.79. The average molecular weight is 565 g/mol. The maximum atomic E-state index is 13.7. The number of fused-ring (bicyclic) bond motifs is 4. The fourth-order valence-corrected chi connectivity index (χ4v) is 6.79. The highest BCUT2D eigenvalue weighted by atomic mass is 35.5. The number of nitrogens with two attached hydrogens (primary N) is 1. The Bertz CT molecular complexity index is 1850. The van der Waals surface area contributed by atoms with Crippen LogP contribution in [0.3, 0.4) is 0 Å². The minimum absolute atomic E-state index is 0. The molecule has 0 fully saturated rings. The first kappa shape index (κ1) is 27.1. The van der Waals surface area contributed by atoms with Crippen molar-refractivity contribution in [1.29, 1.82) is 0 Å². The van der Waals surface area contributed by atoms with Crippen LogP contribution in [-0.4, -0.2) is 26.8 Å². The molecule has 0 spiro atoms. The molecule has 6 nitrogen and oxygen atoms in total. The Kier molecular flexibility index (Phi) is 6.84. The first-order valence-electron chi connectivity index (χ1n) is 14.1. The van der Waals surface area contributed by atoms with E-state index >= 15 is 0 Å². The molecule has 0 bridgehead atoms. The molecule has 3 N–H and O–H groups in total. The number of aromatic nitrogens is 2. The van der Waals surface area contributed by atoms with Crippen molar-refractivity contribution < 1.29 is 9.59 Å². The van der Waals surface area contributed by atoms with Crippen LogP contribution in [0.25, 0.3) is 33.3 Å². The van der Waals surface area contributed by atoms with E-state index in [1.807, 2.05) is 72.9 Å². The van der Waals surface area contributed by atoms with Gasteiger partial charge in [0, 0.05) is 46.3 Å². The number of carbonyl (C=O) groups is 2. The molecule has 3 aromatic heterocycles. The van der Waals surface area contributed by atoms with Gasteiger partial charge in [-0.25, -0.2) is 0 Å². The van der Waals surface area contributed by atoms with Crippen LogP contribution >= 0.6 is 12.4 Å². The lowest BCUT2D eigenvalue weighted by atomic mass is 9.77. The normalized spacial score (nSPS) is 17.7. The van der Waals surface area contributed by atoms with E-state index in [0.717, 1.165) is 58.1 Å². The largest absolute Gasteiger partial charge is 0.327 e. The number of rotatable bonds is 5. The second-order valence-corrected chi connectivity index (χ2v) is 11.4. The van der Waals surface area contributed by atoms with Crippen LogP contribution in [0, 0.1) is 11.8 Å². The molecule has 2 aliphatic rings. The standard InChI is InChI=1S/C34H32N4O2.ClH/c1-20(2)32(35)21-15-16-27-24(18-21)29(28-14-8-9-17-37(27)28)31-30(33(39)36-34(31)40)25-19-38(22-10-4-3-5-11-22)26-13-7-6-12-23(25)26;/h3-14,17,19-21,32H,15-16,18,35H2,1-2H3,(H,36,39,40);1H/t21-,32-;/m0./s1. The number of para-hydroxylation sites is 2. The minimum atomic E-state index is -0.355. The lowest BCUT2D eigenvalue weighted by Gasteiger charge is -2.31. The lowest BCUT2D eigenvalue weighted by molar-refractivity contribution is -0.122. The van der Waals surface area contributed by atoms with Gasteiger partial charge in [-0.2, -0.15) is 0 Å². The van der Waals surface area contributed by atoms with Gasteiger partial charge in [-0.05, 0) is 67.0 Å². The Hall–Kier alpha value is -4.13. The monoisotopic (exact) mass is 564 g/mol. The van der Waals surface area contributed by atoms with Gasteiger partial charge in [0.25, 0.3) is 11.8 Å². The van der Waals surface area contributed by atoms with Gasteiger partial charge in [0.15, 0.2) is 0 Å². The first-order chi connectivity index (χ1) is 19.4. The van der Waals surface area contributed by atoms with Gasteiger partial charge < -0.3 is 14.7 Å². The third kappa shape index (κ3) is 4.21.